The molecule has 2 amide bonds. The molecule has 0 aliphatic carbocycles. The molecule has 0 aliphatic heterocycles. The summed E-state index contributed by atoms with van der Waals surface area (Å²) < 4.78 is 29.3. The molecule has 2 atom stereocenters. The fourth-order valence-corrected chi connectivity index (χ4v) is 5.61. The lowest BCUT2D eigenvalue weighted by atomic mass is 10.1. The predicted molar refractivity (Wildman–Crippen MR) is 154 cm³/mol. The van der Waals surface area contributed by atoms with Crippen LogP contribution in [-0.2, 0) is 26.2 Å². The Balaban J connectivity index is 2.01. The molecule has 3 aromatic rings. The number of aryl methyl sites for hydroxylation is 1. The van der Waals surface area contributed by atoms with Crippen LogP contribution in [0.4, 0.5) is 5.69 Å². The summed E-state index contributed by atoms with van der Waals surface area (Å²) in [5, 5.41) is 2.94. The van der Waals surface area contributed by atoms with E-state index in [1.165, 1.54) is 17.0 Å². The van der Waals surface area contributed by atoms with Crippen LogP contribution >= 0.6 is 15.9 Å². The molecule has 9 heteroatoms. The molecule has 0 aliphatic rings. The third-order valence-electron chi connectivity index (χ3n) is 6.33. The maximum Gasteiger partial charge on any atom is 0.264 e. The van der Waals surface area contributed by atoms with Gasteiger partial charge in [0.05, 0.1) is 10.6 Å². The van der Waals surface area contributed by atoms with Gasteiger partial charge in [-0.2, -0.15) is 0 Å². The van der Waals surface area contributed by atoms with Gasteiger partial charge in [-0.15, -0.1) is 0 Å². The van der Waals surface area contributed by atoms with Gasteiger partial charge >= 0.3 is 0 Å². The molecule has 7 nitrogen and oxygen atoms in total. The van der Waals surface area contributed by atoms with E-state index in [9.17, 15) is 18.0 Å². The minimum absolute atomic E-state index is 0.0569. The Hall–Kier alpha value is -3.17. The smallest absolute Gasteiger partial charge is 0.264 e. The topological polar surface area (TPSA) is 86.8 Å². The minimum atomic E-state index is -4.07. The maximum absolute atomic E-state index is 13.9. The van der Waals surface area contributed by atoms with Crippen LogP contribution in [0.25, 0.3) is 0 Å². The van der Waals surface area contributed by atoms with Gasteiger partial charge in [-0.05, 0) is 69.2 Å². The van der Waals surface area contributed by atoms with Crippen LogP contribution in [0.3, 0.4) is 0 Å². The van der Waals surface area contributed by atoms with Gasteiger partial charge in [0.25, 0.3) is 10.0 Å². The van der Waals surface area contributed by atoms with Gasteiger partial charge in [0.1, 0.15) is 12.6 Å². The highest BCUT2D eigenvalue weighted by atomic mass is 79.9. The molecule has 3 rings (SSSR count). The summed E-state index contributed by atoms with van der Waals surface area (Å²) in [6.07, 6.45) is 0.747. The molecule has 0 aromatic heterocycles. The van der Waals surface area contributed by atoms with E-state index in [2.05, 4.69) is 21.2 Å². The number of rotatable bonds is 11. The summed E-state index contributed by atoms with van der Waals surface area (Å²) in [5.41, 5.74) is 2.22. The van der Waals surface area contributed by atoms with Crippen LogP contribution in [0.5, 0.6) is 0 Å². The summed E-state index contributed by atoms with van der Waals surface area (Å²) in [6.45, 7) is 7.19. The Labute approximate surface area is 234 Å². The molecule has 0 saturated carbocycles. The van der Waals surface area contributed by atoms with E-state index < -0.39 is 28.5 Å². The Kier molecular flexibility index (Phi) is 10.1. The molecule has 38 heavy (non-hydrogen) atoms. The fourth-order valence-electron chi connectivity index (χ4n) is 3.91. The monoisotopic (exact) mass is 599 g/mol. The minimum Gasteiger partial charge on any atom is -0.352 e. The second-order valence-electron chi connectivity index (χ2n) is 9.31. The van der Waals surface area contributed by atoms with Crippen LogP contribution in [0.15, 0.2) is 88.2 Å². The summed E-state index contributed by atoms with van der Waals surface area (Å²) in [5.74, 6) is -0.776. The Morgan fingerprint density at radius 1 is 0.947 bits per heavy atom. The number of carbonyl (C=O) groups excluding carboxylic acids is 2. The van der Waals surface area contributed by atoms with E-state index >= 15 is 0 Å². The molecule has 3 aromatic carbocycles. The number of hydrogen-bond donors (Lipinski definition) is 1. The Bertz CT molecular complexity index is 1350. The lowest BCUT2D eigenvalue weighted by Crippen LogP contribution is -2.52. The van der Waals surface area contributed by atoms with Crippen molar-refractivity contribution in [3.8, 4) is 0 Å². The zero-order chi connectivity index (χ0) is 27.9. The number of halogens is 1. The van der Waals surface area contributed by atoms with E-state index in [1.807, 2.05) is 45.0 Å². The summed E-state index contributed by atoms with van der Waals surface area (Å²) in [7, 11) is -4.07. The van der Waals surface area contributed by atoms with Crippen molar-refractivity contribution in [2.24, 2.45) is 0 Å². The largest absolute Gasteiger partial charge is 0.352 e. The van der Waals surface area contributed by atoms with Crippen molar-refractivity contribution in [2.75, 3.05) is 10.8 Å². The first-order chi connectivity index (χ1) is 18.0. The first-order valence-corrected chi connectivity index (χ1v) is 14.7. The van der Waals surface area contributed by atoms with E-state index in [0.717, 1.165) is 26.3 Å². The van der Waals surface area contributed by atoms with E-state index in [1.54, 1.807) is 49.4 Å². The summed E-state index contributed by atoms with van der Waals surface area (Å²) in [4.78, 5) is 28.5. The van der Waals surface area contributed by atoms with Gasteiger partial charge in [0, 0.05) is 17.1 Å². The van der Waals surface area contributed by atoms with Gasteiger partial charge in [-0.3, -0.25) is 13.9 Å². The Morgan fingerprint density at radius 2 is 1.61 bits per heavy atom. The number of nitrogens with zero attached hydrogens (tertiary/aromatic N) is 2. The van der Waals surface area contributed by atoms with Gasteiger partial charge in [0.2, 0.25) is 11.8 Å². The van der Waals surface area contributed by atoms with Crippen molar-refractivity contribution in [3.63, 3.8) is 0 Å². The number of hydrogen-bond acceptors (Lipinski definition) is 4. The highest BCUT2D eigenvalue weighted by molar-refractivity contribution is 9.10. The van der Waals surface area contributed by atoms with Crippen molar-refractivity contribution in [3.05, 3.63) is 94.5 Å². The number of amides is 2. The van der Waals surface area contributed by atoms with Crippen molar-refractivity contribution in [1.82, 2.24) is 10.2 Å². The average molecular weight is 601 g/mol. The molecule has 202 valence electrons. The van der Waals surface area contributed by atoms with Crippen LogP contribution in [-0.4, -0.2) is 43.8 Å². The molecule has 0 saturated heterocycles. The molecule has 0 heterocycles. The predicted octanol–water partition coefficient (Wildman–Crippen LogP) is 5.28. The van der Waals surface area contributed by atoms with Crippen LogP contribution < -0.4 is 9.62 Å². The van der Waals surface area contributed by atoms with Gasteiger partial charge < -0.3 is 10.2 Å². The molecule has 0 bridgehead atoms. The second kappa shape index (κ2) is 13.1. The van der Waals surface area contributed by atoms with E-state index in [4.69, 9.17) is 0 Å². The zero-order valence-electron chi connectivity index (χ0n) is 22.1. The quantitative estimate of drug-likeness (QED) is 0.324. The van der Waals surface area contributed by atoms with E-state index in [0.29, 0.717) is 5.69 Å². The number of carbonyl (C=O) groups is 2. The Morgan fingerprint density at radius 3 is 2.21 bits per heavy atom. The van der Waals surface area contributed by atoms with Gasteiger partial charge in [-0.1, -0.05) is 70.9 Å². The normalized spacial score (nSPS) is 12.9. The highest BCUT2D eigenvalue weighted by Gasteiger charge is 2.32. The SMILES string of the molecule is CC[C@@H](C)NC(=O)[C@H](C)N(Cc1cccc(C)c1)C(=O)CN(c1ccc(Br)cc1)S(=O)(=O)c1ccccc1. The third-order valence-corrected chi connectivity index (χ3v) is 8.65. The number of benzene rings is 3. The average Bonchev–Trinajstić information content (AvgIpc) is 2.90. The molecule has 1 N–H and O–H groups in total. The summed E-state index contributed by atoms with van der Waals surface area (Å²) in [6, 6.07) is 21.5. The summed E-state index contributed by atoms with van der Waals surface area (Å²) >= 11 is 3.38. The van der Waals surface area contributed by atoms with Crippen LogP contribution in [0.1, 0.15) is 38.3 Å². The zero-order valence-corrected chi connectivity index (χ0v) is 24.5. The molecular formula is C29H34BrN3O4S. The maximum atomic E-state index is 13.9. The second-order valence-corrected chi connectivity index (χ2v) is 12.1. The molecule has 0 fully saturated rings. The molecule has 0 radical (unpaired) electrons. The van der Waals surface area contributed by atoms with Crippen LogP contribution in [0.2, 0.25) is 0 Å². The van der Waals surface area contributed by atoms with Gasteiger partial charge in [0.15, 0.2) is 0 Å². The standard InChI is InChI=1S/C29H34BrN3O4S/c1-5-22(3)31-29(35)23(4)32(19-24-11-9-10-21(2)18-24)28(34)20-33(26-16-14-25(30)15-17-26)38(36,37)27-12-7-6-8-13-27/h6-18,22-23H,5,19-20H2,1-4H3,(H,31,35)/t22-,23+/m1/s1. The molecular weight excluding hydrogens is 566 g/mol. The van der Waals surface area contributed by atoms with Crippen molar-refractivity contribution >= 4 is 43.5 Å². The lowest BCUT2D eigenvalue weighted by Gasteiger charge is -2.32. The van der Waals surface area contributed by atoms with Crippen molar-refractivity contribution < 1.29 is 18.0 Å². The van der Waals surface area contributed by atoms with Gasteiger partial charge in [-0.25, -0.2) is 8.42 Å². The number of sulfonamides is 1. The first kappa shape index (κ1) is 29.4. The molecule has 0 spiro atoms. The lowest BCUT2D eigenvalue weighted by molar-refractivity contribution is -0.139. The van der Waals surface area contributed by atoms with Crippen molar-refractivity contribution in [1.29, 1.82) is 0 Å². The number of anilines is 1. The van der Waals surface area contributed by atoms with Crippen molar-refractivity contribution in [2.45, 2.75) is 57.6 Å². The highest BCUT2D eigenvalue weighted by Crippen LogP contribution is 2.26. The third kappa shape index (κ3) is 7.45. The van der Waals surface area contributed by atoms with E-state index in [-0.39, 0.29) is 23.4 Å². The first-order valence-electron chi connectivity index (χ1n) is 12.5. The molecule has 0 unspecified atom stereocenters. The fraction of sp³-hybridized carbons (Fsp3) is 0.310. The van der Waals surface area contributed by atoms with Crippen LogP contribution in [0, 0.1) is 6.92 Å². The number of nitrogens with one attached hydrogen (secondary N) is 1.